The molecule has 106 valence electrons. The zero-order chi connectivity index (χ0) is 14.3. The largest absolute Gasteiger partial charge is 0.480 e. The van der Waals surface area contributed by atoms with Gasteiger partial charge in [-0.3, -0.25) is 0 Å². The van der Waals surface area contributed by atoms with E-state index >= 15 is 0 Å². The van der Waals surface area contributed by atoms with Crippen LogP contribution in [0.3, 0.4) is 0 Å². The second-order valence-corrected chi connectivity index (χ2v) is 4.00. The molecule has 0 aliphatic carbocycles. The molecule has 8 nitrogen and oxygen atoms in total. The smallest absolute Gasteiger partial charge is 0.328 e. The Balaban J connectivity index is 4.33. The van der Waals surface area contributed by atoms with Crippen LogP contribution in [0.5, 0.6) is 0 Å². The zero-order valence-electron chi connectivity index (χ0n) is 10.7. The Labute approximate surface area is 105 Å². The number of carboxylic acid groups (broad SMARTS) is 1. The second-order valence-electron chi connectivity index (χ2n) is 4.00. The number of ether oxygens (including phenoxy) is 1. The minimum absolute atomic E-state index is 0.00811. The second kappa shape index (κ2) is 7.85. The lowest BCUT2D eigenvalue weighted by Crippen LogP contribution is -2.52. The van der Waals surface area contributed by atoms with Crippen LogP contribution in [-0.4, -0.2) is 77.8 Å². The number of nitrogens with one attached hydrogen (secondary N) is 1. The number of nitrogens with zero attached hydrogens (tertiary/aromatic N) is 1. The number of rotatable bonds is 7. The molecule has 0 fully saturated rings. The van der Waals surface area contributed by atoms with Gasteiger partial charge in [0, 0.05) is 14.2 Å². The molecular weight excluding hydrogens is 244 g/mol. The van der Waals surface area contributed by atoms with Crippen LogP contribution in [-0.2, 0) is 9.53 Å². The van der Waals surface area contributed by atoms with Crippen molar-refractivity contribution in [2.75, 3.05) is 27.3 Å². The number of aliphatic carboxylic acids is 1. The van der Waals surface area contributed by atoms with Crippen LogP contribution in [0.4, 0.5) is 4.79 Å². The Kier molecular flexibility index (Phi) is 7.25. The lowest BCUT2D eigenvalue weighted by Gasteiger charge is -2.24. The molecule has 0 saturated heterocycles. The lowest BCUT2D eigenvalue weighted by molar-refractivity contribution is -0.141. The van der Waals surface area contributed by atoms with Crippen LogP contribution in [0.25, 0.3) is 0 Å². The summed E-state index contributed by atoms with van der Waals surface area (Å²) in [6.07, 6.45) is -2.08. The molecule has 0 aromatic heterocycles. The molecule has 0 saturated carbocycles. The molecule has 8 heteroatoms. The van der Waals surface area contributed by atoms with E-state index in [-0.39, 0.29) is 13.2 Å². The molecular formula is C10H20N2O6. The first-order chi connectivity index (χ1) is 8.29. The normalized spacial score (nSPS) is 15.6. The number of urea groups is 1. The number of hydrogen-bond donors (Lipinski definition) is 4. The first kappa shape index (κ1) is 16.6. The first-order valence-corrected chi connectivity index (χ1v) is 5.39. The fraction of sp³-hybridized carbons (Fsp3) is 0.800. The highest BCUT2D eigenvalue weighted by atomic mass is 16.5. The van der Waals surface area contributed by atoms with Crippen molar-refractivity contribution in [3.63, 3.8) is 0 Å². The number of carboxylic acids is 1. The van der Waals surface area contributed by atoms with Crippen LogP contribution in [0.1, 0.15) is 6.92 Å². The van der Waals surface area contributed by atoms with E-state index in [1.54, 1.807) is 0 Å². The first-order valence-electron chi connectivity index (χ1n) is 5.39. The Morgan fingerprint density at radius 1 is 1.39 bits per heavy atom. The van der Waals surface area contributed by atoms with Gasteiger partial charge in [0.15, 0.2) is 6.04 Å². The predicted octanol–water partition coefficient (Wildman–Crippen LogP) is -1.53. The van der Waals surface area contributed by atoms with Crippen molar-refractivity contribution < 1.29 is 29.6 Å². The summed E-state index contributed by atoms with van der Waals surface area (Å²) in [5.41, 5.74) is 0. The van der Waals surface area contributed by atoms with E-state index in [0.29, 0.717) is 0 Å². The number of amides is 2. The number of likely N-dealkylation sites (N-methyl/N-ethyl adjacent to an activating group) is 1. The van der Waals surface area contributed by atoms with Gasteiger partial charge in [-0.1, -0.05) is 0 Å². The van der Waals surface area contributed by atoms with E-state index in [4.69, 9.17) is 9.84 Å². The summed E-state index contributed by atoms with van der Waals surface area (Å²) in [4.78, 5) is 23.5. The summed E-state index contributed by atoms with van der Waals surface area (Å²) in [7, 11) is 2.81. The van der Waals surface area contributed by atoms with Gasteiger partial charge in [-0.15, -0.1) is 0 Å². The predicted molar refractivity (Wildman–Crippen MR) is 62.1 cm³/mol. The van der Waals surface area contributed by atoms with E-state index in [0.717, 1.165) is 4.90 Å². The summed E-state index contributed by atoms with van der Waals surface area (Å²) >= 11 is 0. The van der Waals surface area contributed by atoms with Gasteiger partial charge in [0.05, 0.1) is 25.4 Å². The van der Waals surface area contributed by atoms with Crippen molar-refractivity contribution in [1.29, 1.82) is 0 Å². The Morgan fingerprint density at radius 2 is 1.94 bits per heavy atom. The third-order valence-electron chi connectivity index (χ3n) is 2.22. The minimum atomic E-state index is -1.39. The average Bonchev–Trinajstić information content (AvgIpc) is 2.24. The summed E-state index contributed by atoms with van der Waals surface area (Å²) in [6.45, 7) is 1.32. The average molecular weight is 264 g/mol. The molecule has 18 heavy (non-hydrogen) atoms. The molecule has 0 aliphatic rings. The van der Waals surface area contributed by atoms with Crippen molar-refractivity contribution in [1.82, 2.24) is 10.2 Å². The van der Waals surface area contributed by atoms with Crippen molar-refractivity contribution in [3.8, 4) is 0 Å². The third-order valence-corrected chi connectivity index (χ3v) is 2.22. The molecule has 1 unspecified atom stereocenters. The molecule has 3 atom stereocenters. The number of carbonyl (C=O) groups excluding carboxylic acids is 1. The van der Waals surface area contributed by atoms with Crippen molar-refractivity contribution >= 4 is 12.0 Å². The van der Waals surface area contributed by atoms with Crippen LogP contribution in [0.2, 0.25) is 0 Å². The molecule has 0 aliphatic heterocycles. The Bertz CT molecular complexity index is 284. The highest BCUT2D eigenvalue weighted by molar-refractivity contribution is 5.82. The maximum atomic E-state index is 11.6. The molecule has 4 N–H and O–H groups in total. The van der Waals surface area contributed by atoms with E-state index < -0.39 is 30.3 Å². The highest BCUT2D eigenvalue weighted by Gasteiger charge is 2.26. The molecule has 0 aromatic rings. The van der Waals surface area contributed by atoms with Crippen LogP contribution in [0.15, 0.2) is 0 Å². The van der Waals surface area contributed by atoms with E-state index in [1.807, 2.05) is 0 Å². The number of aliphatic hydroxyl groups is 2. The van der Waals surface area contributed by atoms with Crippen LogP contribution >= 0.6 is 0 Å². The molecule has 0 radical (unpaired) electrons. The van der Waals surface area contributed by atoms with Crippen LogP contribution < -0.4 is 5.32 Å². The van der Waals surface area contributed by atoms with Gasteiger partial charge in [0.1, 0.15) is 0 Å². The maximum Gasteiger partial charge on any atom is 0.328 e. The lowest BCUT2D eigenvalue weighted by atomic mass is 10.2. The Morgan fingerprint density at radius 3 is 2.33 bits per heavy atom. The van der Waals surface area contributed by atoms with E-state index in [1.165, 1.54) is 21.1 Å². The van der Waals surface area contributed by atoms with E-state index in [9.17, 15) is 19.8 Å². The number of hydrogen-bond acceptors (Lipinski definition) is 5. The number of methoxy groups -OCH3 is 1. The van der Waals surface area contributed by atoms with Crippen molar-refractivity contribution in [2.24, 2.45) is 0 Å². The topological polar surface area (TPSA) is 119 Å². The van der Waals surface area contributed by atoms with Gasteiger partial charge in [0.2, 0.25) is 0 Å². The minimum Gasteiger partial charge on any atom is -0.480 e. The standard InChI is InChI=1S/C10H20N2O6/c1-6(13)8(9(15)16)11-10(17)12(2)4-7(14)5-18-3/h6-8,13-14H,4-5H2,1-3H3,(H,11,17)(H,15,16)/t6-,7?,8+/m1/s1. The number of carbonyl (C=O) groups is 2. The van der Waals surface area contributed by atoms with Crippen molar-refractivity contribution in [2.45, 2.75) is 25.2 Å². The van der Waals surface area contributed by atoms with Gasteiger partial charge >= 0.3 is 12.0 Å². The zero-order valence-corrected chi connectivity index (χ0v) is 10.7. The van der Waals surface area contributed by atoms with Gasteiger partial charge in [0.25, 0.3) is 0 Å². The molecule has 0 heterocycles. The molecule has 0 aromatic carbocycles. The van der Waals surface area contributed by atoms with Gasteiger partial charge in [-0.2, -0.15) is 0 Å². The highest BCUT2D eigenvalue weighted by Crippen LogP contribution is 1.97. The van der Waals surface area contributed by atoms with Gasteiger partial charge < -0.3 is 30.3 Å². The fourth-order valence-electron chi connectivity index (χ4n) is 1.28. The number of aliphatic hydroxyl groups excluding tert-OH is 2. The summed E-state index contributed by atoms with van der Waals surface area (Å²) in [5.74, 6) is -1.33. The van der Waals surface area contributed by atoms with Crippen molar-refractivity contribution in [3.05, 3.63) is 0 Å². The quantitative estimate of drug-likeness (QED) is 0.443. The third kappa shape index (κ3) is 5.80. The van der Waals surface area contributed by atoms with E-state index in [2.05, 4.69) is 5.32 Å². The maximum absolute atomic E-state index is 11.6. The summed E-state index contributed by atoms with van der Waals surface area (Å²) < 4.78 is 4.70. The van der Waals surface area contributed by atoms with Crippen LogP contribution in [0, 0.1) is 0 Å². The molecule has 2 amide bonds. The monoisotopic (exact) mass is 264 g/mol. The SMILES string of the molecule is COCC(O)CN(C)C(=O)N[C@H](C(=O)O)[C@@H](C)O. The molecule has 0 rings (SSSR count). The summed E-state index contributed by atoms with van der Waals surface area (Å²) in [5, 5.41) is 29.5. The molecule has 0 bridgehead atoms. The van der Waals surface area contributed by atoms with Gasteiger partial charge in [-0.25, -0.2) is 9.59 Å². The fourth-order valence-corrected chi connectivity index (χ4v) is 1.28. The Hall–Kier alpha value is -1.38. The van der Waals surface area contributed by atoms with Gasteiger partial charge in [-0.05, 0) is 6.92 Å². The molecule has 0 spiro atoms. The summed E-state index contributed by atoms with van der Waals surface area (Å²) in [6, 6.07) is -2.09.